The Hall–Kier alpha value is -2.22. The van der Waals surface area contributed by atoms with E-state index in [2.05, 4.69) is 24.8 Å². The van der Waals surface area contributed by atoms with E-state index >= 15 is 0 Å². The van der Waals surface area contributed by atoms with Crippen molar-refractivity contribution >= 4 is 5.82 Å². The van der Waals surface area contributed by atoms with Crippen LogP contribution in [0.2, 0.25) is 0 Å². The van der Waals surface area contributed by atoms with Crippen LogP contribution in [0.15, 0.2) is 36.9 Å². The van der Waals surface area contributed by atoms with Gasteiger partial charge >= 0.3 is 6.18 Å². The predicted octanol–water partition coefficient (Wildman–Crippen LogP) is 2.21. The van der Waals surface area contributed by atoms with E-state index in [1.54, 1.807) is 6.20 Å². The Balaban J connectivity index is 1.55. The van der Waals surface area contributed by atoms with E-state index in [1.807, 2.05) is 6.07 Å². The van der Waals surface area contributed by atoms with Crippen LogP contribution in [0.25, 0.3) is 0 Å². The molecule has 8 heteroatoms. The molecule has 0 radical (unpaired) electrons. The molecule has 0 bridgehead atoms. The number of anilines is 1. The van der Waals surface area contributed by atoms with Gasteiger partial charge in [-0.3, -0.25) is 9.88 Å². The molecule has 0 unspecified atom stereocenters. The van der Waals surface area contributed by atoms with Gasteiger partial charge < -0.3 is 4.90 Å². The normalized spacial score (nSPS) is 16.6. The van der Waals surface area contributed by atoms with Crippen LogP contribution in [0.3, 0.4) is 0 Å². The number of hydrogen-bond donors (Lipinski definition) is 0. The molecular weight excluding hydrogens is 307 g/mol. The zero-order valence-corrected chi connectivity index (χ0v) is 12.4. The zero-order chi connectivity index (χ0) is 16.3. The molecule has 0 aromatic carbocycles. The first-order valence-corrected chi connectivity index (χ1v) is 7.28. The molecule has 5 nitrogen and oxygen atoms in total. The molecule has 0 N–H and O–H groups in total. The number of piperazine rings is 1. The lowest BCUT2D eigenvalue weighted by Gasteiger charge is -2.35. The molecule has 2 aromatic rings. The van der Waals surface area contributed by atoms with Crippen LogP contribution in [-0.2, 0) is 12.7 Å². The van der Waals surface area contributed by atoms with Crippen LogP contribution in [-0.4, -0.2) is 46.0 Å². The summed E-state index contributed by atoms with van der Waals surface area (Å²) < 4.78 is 37.5. The van der Waals surface area contributed by atoms with Gasteiger partial charge in [0.25, 0.3) is 0 Å². The molecule has 3 heterocycles. The van der Waals surface area contributed by atoms with Crippen molar-refractivity contribution in [3.8, 4) is 0 Å². The summed E-state index contributed by atoms with van der Waals surface area (Å²) in [5.41, 5.74) is -0.0664. The Morgan fingerprint density at radius 1 is 1.00 bits per heavy atom. The minimum Gasteiger partial charge on any atom is -0.354 e. The molecule has 1 aliphatic heterocycles. The van der Waals surface area contributed by atoms with E-state index in [1.165, 1.54) is 18.6 Å². The summed E-state index contributed by atoms with van der Waals surface area (Å²) in [4.78, 5) is 16.0. The Labute approximate surface area is 131 Å². The molecule has 0 aliphatic carbocycles. The first kappa shape index (κ1) is 15.7. The molecule has 1 fully saturated rings. The Morgan fingerprint density at radius 3 is 2.35 bits per heavy atom. The van der Waals surface area contributed by atoms with E-state index in [4.69, 9.17) is 0 Å². The number of halogens is 3. The second kappa shape index (κ2) is 6.49. The van der Waals surface area contributed by atoms with Gasteiger partial charge in [-0.25, -0.2) is 9.97 Å². The van der Waals surface area contributed by atoms with E-state index in [-0.39, 0.29) is 0 Å². The van der Waals surface area contributed by atoms with Gasteiger partial charge in [0.15, 0.2) is 0 Å². The van der Waals surface area contributed by atoms with Crippen molar-refractivity contribution in [2.75, 3.05) is 31.1 Å². The average molecular weight is 323 g/mol. The minimum absolute atomic E-state index is 0.600. The Bertz CT molecular complexity index is 622. The van der Waals surface area contributed by atoms with Crippen molar-refractivity contribution in [2.45, 2.75) is 12.7 Å². The van der Waals surface area contributed by atoms with Crippen LogP contribution in [0.1, 0.15) is 11.3 Å². The zero-order valence-electron chi connectivity index (χ0n) is 12.4. The minimum atomic E-state index is -4.39. The van der Waals surface area contributed by atoms with Crippen molar-refractivity contribution in [3.05, 3.63) is 48.2 Å². The summed E-state index contributed by atoms with van der Waals surface area (Å²) in [6.07, 6.45) is 0.152. The number of rotatable bonds is 3. The highest BCUT2D eigenvalue weighted by Crippen LogP contribution is 2.27. The van der Waals surface area contributed by atoms with Crippen LogP contribution in [0, 0.1) is 0 Å². The van der Waals surface area contributed by atoms with Gasteiger partial charge in [0.05, 0.1) is 0 Å². The smallest absolute Gasteiger partial charge is 0.354 e. The number of hydrogen-bond acceptors (Lipinski definition) is 5. The summed E-state index contributed by atoms with van der Waals surface area (Å²) in [7, 11) is 0. The first-order chi connectivity index (χ1) is 11.0. The van der Waals surface area contributed by atoms with E-state index in [0.29, 0.717) is 6.54 Å². The average Bonchev–Trinajstić information content (AvgIpc) is 2.56. The van der Waals surface area contributed by atoms with Crippen molar-refractivity contribution in [2.24, 2.45) is 0 Å². The lowest BCUT2D eigenvalue weighted by Crippen LogP contribution is -2.46. The molecular formula is C15H16F3N5. The molecule has 122 valence electrons. The predicted molar refractivity (Wildman–Crippen MR) is 78.8 cm³/mol. The van der Waals surface area contributed by atoms with Crippen molar-refractivity contribution in [3.63, 3.8) is 0 Å². The van der Waals surface area contributed by atoms with E-state index in [0.717, 1.165) is 43.6 Å². The fourth-order valence-corrected chi connectivity index (χ4v) is 2.55. The summed E-state index contributed by atoms with van der Waals surface area (Å²) >= 11 is 0. The van der Waals surface area contributed by atoms with Gasteiger partial charge in [0.2, 0.25) is 0 Å². The van der Waals surface area contributed by atoms with Crippen LogP contribution in [0.5, 0.6) is 0 Å². The highest BCUT2D eigenvalue weighted by Gasteiger charge is 2.32. The Morgan fingerprint density at radius 2 is 1.78 bits per heavy atom. The largest absolute Gasteiger partial charge is 0.433 e. The van der Waals surface area contributed by atoms with E-state index < -0.39 is 11.9 Å². The van der Waals surface area contributed by atoms with Crippen LogP contribution < -0.4 is 4.90 Å². The summed E-state index contributed by atoms with van der Waals surface area (Å²) in [6.45, 7) is 3.90. The Kier molecular flexibility index (Phi) is 4.42. The number of pyridine rings is 1. The first-order valence-electron chi connectivity index (χ1n) is 7.28. The lowest BCUT2D eigenvalue weighted by atomic mass is 10.2. The van der Waals surface area contributed by atoms with Gasteiger partial charge in [-0.1, -0.05) is 6.07 Å². The fourth-order valence-electron chi connectivity index (χ4n) is 2.55. The number of alkyl halides is 3. The van der Waals surface area contributed by atoms with Gasteiger partial charge in [-0.15, -0.1) is 0 Å². The standard InChI is InChI=1S/C15H16F3N5/c16-15(17,18)13-2-1-12(9-20-13)10-22-5-7-23(8-6-22)14-3-4-19-11-21-14/h1-4,9,11H,5-8,10H2. The summed E-state index contributed by atoms with van der Waals surface area (Å²) in [5.74, 6) is 0.899. The third-order valence-corrected chi connectivity index (χ3v) is 3.78. The molecule has 2 aromatic heterocycles. The molecule has 23 heavy (non-hydrogen) atoms. The third kappa shape index (κ3) is 3.95. The molecule has 3 rings (SSSR count). The highest BCUT2D eigenvalue weighted by molar-refractivity contribution is 5.37. The lowest BCUT2D eigenvalue weighted by molar-refractivity contribution is -0.141. The maximum absolute atomic E-state index is 12.5. The van der Waals surface area contributed by atoms with Crippen LogP contribution >= 0.6 is 0 Å². The van der Waals surface area contributed by atoms with E-state index in [9.17, 15) is 13.2 Å². The number of nitrogens with zero attached hydrogens (tertiary/aromatic N) is 5. The molecule has 0 atom stereocenters. The van der Waals surface area contributed by atoms with Gasteiger partial charge in [0, 0.05) is 45.1 Å². The fraction of sp³-hybridized carbons (Fsp3) is 0.400. The highest BCUT2D eigenvalue weighted by atomic mass is 19.4. The molecule has 0 saturated carbocycles. The summed E-state index contributed by atoms with van der Waals surface area (Å²) in [6, 6.07) is 4.40. The third-order valence-electron chi connectivity index (χ3n) is 3.78. The van der Waals surface area contributed by atoms with Crippen molar-refractivity contribution in [1.29, 1.82) is 0 Å². The quantitative estimate of drug-likeness (QED) is 0.867. The number of aromatic nitrogens is 3. The topological polar surface area (TPSA) is 45.2 Å². The summed E-state index contributed by atoms with van der Waals surface area (Å²) in [5, 5.41) is 0. The van der Waals surface area contributed by atoms with Gasteiger partial charge in [0.1, 0.15) is 17.8 Å². The maximum Gasteiger partial charge on any atom is 0.433 e. The van der Waals surface area contributed by atoms with Gasteiger partial charge in [-0.05, 0) is 17.7 Å². The molecule has 1 aliphatic rings. The van der Waals surface area contributed by atoms with Crippen LogP contribution in [0.4, 0.5) is 19.0 Å². The van der Waals surface area contributed by atoms with Gasteiger partial charge in [-0.2, -0.15) is 13.2 Å². The second-order valence-corrected chi connectivity index (χ2v) is 5.38. The SMILES string of the molecule is FC(F)(F)c1ccc(CN2CCN(c3ccncn3)CC2)cn1. The molecule has 1 saturated heterocycles. The van der Waals surface area contributed by atoms with Crippen molar-refractivity contribution < 1.29 is 13.2 Å². The molecule has 0 spiro atoms. The maximum atomic E-state index is 12.5. The molecule has 0 amide bonds. The second-order valence-electron chi connectivity index (χ2n) is 5.38. The van der Waals surface area contributed by atoms with Crippen molar-refractivity contribution in [1.82, 2.24) is 19.9 Å². The monoisotopic (exact) mass is 323 g/mol.